The first-order chi connectivity index (χ1) is 21.5. The molecule has 0 spiro atoms. The molecule has 8 heteroatoms. The molecule has 6 rings (SSSR count). The van der Waals surface area contributed by atoms with Crippen molar-refractivity contribution in [3.8, 4) is 0 Å². The van der Waals surface area contributed by atoms with Crippen molar-refractivity contribution in [3.05, 3.63) is 119 Å². The number of halogens is 1. The summed E-state index contributed by atoms with van der Waals surface area (Å²) in [6.45, 7) is 6.45. The largest absolute Gasteiger partial charge is 0.340 e. The van der Waals surface area contributed by atoms with Gasteiger partial charge >= 0.3 is 0 Å². The lowest BCUT2D eigenvalue weighted by atomic mass is 9.86. The molecule has 3 unspecified atom stereocenters. The highest BCUT2D eigenvalue weighted by molar-refractivity contribution is 6.05. The molecule has 2 aliphatic rings. The highest BCUT2D eigenvalue weighted by Gasteiger charge is 2.52. The molecule has 1 N–H and O–H groups in total. The molecule has 230 valence electrons. The lowest BCUT2D eigenvalue weighted by Crippen LogP contribution is -2.53. The van der Waals surface area contributed by atoms with Gasteiger partial charge in [0.1, 0.15) is 17.9 Å². The van der Waals surface area contributed by atoms with Gasteiger partial charge in [-0.1, -0.05) is 75.4 Å². The lowest BCUT2D eigenvalue weighted by molar-refractivity contribution is -0.138. The van der Waals surface area contributed by atoms with Crippen LogP contribution in [0.3, 0.4) is 0 Å². The van der Waals surface area contributed by atoms with E-state index in [4.69, 9.17) is 0 Å². The second kappa shape index (κ2) is 11.9. The van der Waals surface area contributed by atoms with E-state index in [1.807, 2.05) is 48.5 Å². The number of carbonyl (C=O) groups is 4. The number of rotatable bonds is 6. The SMILES string of the molecule is CC(C)(C)c1ccc(C(=O)NC(Cc2ccc(F)cc2)C(=O)N2CCC3C2C(=O)CN3C(=O)c2ccc3ccccc3c2)cc1. The lowest BCUT2D eigenvalue weighted by Gasteiger charge is -2.28. The molecule has 0 saturated carbocycles. The first kappa shape index (κ1) is 30.2. The third kappa shape index (κ3) is 6.10. The molecule has 2 heterocycles. The van der Waals surface area contributed by atoms with Crippen LogP contribution in [-0.2, 0) is 21.4 Å². The van der Waals surface area contributed by atoms with Gasteiger partial charge in [-0.25, -0.2) is 4.39 Å². The maximum absolute atomic E-state index is 14.1. The zero-order valence-corrected chi connectivity index (χ0v) is 25.6. The van der Waals surface area contributed by atoms with Crippen molar-refractivity contribution in [2.75, 3.05) is 13.1 Å². The second-order valence-corrected chi connectivity index (χ2v) is 13.0. The van der Waals surface area contributed by atoms with Gasteiger partial charge in [-0.15, -0.1) is 0 Å². The Morgan fingerprint density at radius 2 is 1.53 bits per heavy atom. The van der Waals surface area contributed by atoms with Crippen molar-refractivity contribution in [2.45, 2.75) is 57.2 Å². The molecule has 2 saturated heterocycles. The fourth-order valence-corrected chi connectivity index (χ4v) is 6.45. The van der Waals surface area contributed by atoms with E-state index in [1.165, 1.54) is 17.0 Å². The zero-order valence-electron chi connectivity index (χ0n) is 25.6. The Morgan fingerprint density at radius 1 is 0.867 bits per heavy atom. The Morgan fingerprint density at radius 3 is 2.22 bits per heavy atom. The van der Waals surface area contributed by atoms with E-state index in [0.29, 0.717) is 23.1 Å². The minimum Gasteiger partial charge on any atom is -0.340 e. The molecule has 7 nitrogen and oxygen atoms in total. The number of carbonyl (C=O) groups excluding carboxylic acids is 4. The number of nitrogens with zero attached hydrogens (tertiary/aromatic N) is 2. The Bertz CT molecular complexity index is 1780. The number of benzene rings is 4. The maximum Gasteiger partial charge on any atom is 0.254 e. The molecule has 0 aromatic heterocycles. The van der Waals surface area contributed by atoms with Crippen molar-refractivity contribution in [1.82, 2.24) is 15.1 Å². The molecule has 3 atom stereocenters. The van der Waals surface area contributed by atoms with Gasteiger partial charge in [0, 0.05) is 24.1 Å². The van der Waals surface area contributed by atoms with Crippen LogP contribution < -0.4 is 5.32 Å². The van der Waals surface area contributed by atoms with E-state index >= 15 is 0 Å². The normalized spacial score (nSPS) is 18.6. The van der Waals surface area contributed by atoms with E-state index in [1.54, 1.807) is 35.2 Å². The average molecular weight is 606 g/mol. The van der Waals surface area contributed by atoms with Crippen LogP contribution >= 0.6 is 0 Å². The van der Waals surface area contributed by atoms with Crippen molar-refractivity contribution in [2.24, 2.45) is 0 Å². The summed E-state index contributed by atoms with van der Waals surface area (Å²) in [6.07, 6.45) is 0.569. The Kier molecular flexibility index (Phi) is 7.99. The molecule has 3 amide bonds. The molecule has 45 heavy (non-hydrogen) atoms. The predicted molar refractivity (Wildman–Crippen MR) is 170 cm³/mol. The number of ketones is 1. The Balaban J connectivity index is 1.23. The van der Waals surface area contributed by atoms with E-state index in [-0.39, 0.29) is 36.6 Å². The minimum atomic E-state index is -0.998. The smallest absolute Gasteiger partial charge is 0.254 e. The quantitative estimate of drug-likeness (QED) is 0.323. The monoisotopic (exact) mass is 605 g/mol. The van der Waals surface area contributed by atoms with Crippen LogP contribution in [0.4, 0.5) is 4.39 Å². The number of hydrogen-bond donors (Lipinski definition) is 1. The molecular formula is C37H36FN3O4. The predicted octanol–water partition coefficient (Wildman–Crippen LogP) is 5.31. The van der Waals surface area contributed by atoms with Gasteiger partial charge in [-0.05, 0) is 70.1 Å². The number of nitrogens with one attached hydrogen (secondary N) is 1. The fourth-order valence-electron chi connectivity index (χ4n) is 6.45. The van der Waals surface area contributed by atoms with Crippen LogP contribution in [0.2, 0.25) is 0 Å². The molecule has 4 aromatic carbocycles. The van der Waals surface area contributed by atoms with E-state index in [2.05, 4.69) is 26.1 Å². The number of hydrogen-bond acceptors (Lipinski definition) is 4. The van der Waals surface area contributed by atoms with Crippen molar-refractivity contribution >= 4 is 34.3 Å². The van der Waals surface area contributed by atoms with Gasteiger partial charge in [0.25, 0.3) is 11.8 Å². The van der Waals surface area contributed by atoms with Crippen LogP contribution in [0.5, 0.6) is 0 Å². The van der Waals surface area contributed by atoms with E-state index in [0.717, 1.165) is 16.3 Å². The average Bonchev–Trinajstić information content (AvgIpc) is 3.61. The van der Waals surface area contributed by atoms with E-state index < -0.39 is 35.8 Å². The molecular weight excluding hydrogens is 569 g/mol. The van der Waals surface area contributed by atoms with Gasteiger partial charge in [-0.3, -0.25) is 19.2 Å². The summed E-state index contributed by atoms with van der Waals surface area (Å²) in [6, 6.07) is 24.1. The Labute approximate surface area is 262 Å². The summed E-state index contributed by atoms with van der Waals surface area (Å²) in [5.41, 5.74) is 2.55. The van der Waals surface area contributed by atoms with Gasteiger partial charge in [0.05, 0.1) is 12.6 Å². The third-order valence-electron chi connectivity index (χ3n) is 8.93. The first-order valence-corrected chi connectivity index (χ1v) is 15.3. The van der Waals surface area contributed by atoms with Gasteiger partial charge in [-0.2, -0.15) is 0 Å². The van der Waals surface area contributed by atoms with Gasteiger partial charge in [0.15, 0.2) is 5.78 Å². The number of likely N-dealkylation sites (tertiary alicyclic amines) is 2. The minimum absolute atomic E-state index is 0.0834. The highest BCUT2D eigenvalue weighted by Crippen LogP contribution is 2.32. The third-order valence-corrected chi connectivity index (χ3v) is 8.93. The Hall–Kier alpha value is -4.85. The van der Waals surface area contributed by atoms with Crippen molar-refractivity contribution < 1.29 is 23.6 Å². The molecule has 0 bridgehead atoms. The molecule has 2 fully saturated rings. The summed E-state index contributed by atoms with van der Waals surface area (Å²) in [4.78, 5) is 57.6. The van der Waals surface area contributed by atoms with Crippen LogP contribution in [0.15, 0.2) is 91.0 Å². The summed E-state index contributed by atoms with van der Waals surface area (Å²) < 4.78 is 13.7. The van der Waals surface area contributed by atoms with Crippen LogP contribution in [0, 0.1) is 5.82 Å². The summed E-state index contributed by atoms with van der Waals surface area (Å²) >= 11 is 0. The van der Waals surface area contributed by atoms with E-state index in [9.17, 15) is 23.6 Å². The summed E-state index contributed by atoms with van der Waals surface area (Å²) in [5, 5.41) is 4.83. The van der Waals surface area contributed by atoms with Gasteiger partial charge in [0.2, 0.25) is 5.91 Å². The summed E-state index contributed by atoms with van der Waals surface area (Å²) in [7, 11) is 0. The zero-order chi connectivity index (χ0) is 31.9. The van der Waals surface area contributed by atoms with Crippen molar-refractivity contribution in [3.63, 3.8) is 0 Å². The fraction of sp³-hybridized carbons (Fsp3) is 0.297. The molecule has 4 aromatic rings. The standard InChI is InChI=1S/C37H36FN3O4/c1-37(2,3)28-14-12-25(13-15-28)34(43)39-30(20-23-8-16-29(38)17-9-23)36(45)40-19-18-31-33(40)32(42)22-41(31)35(44)27-11-10-24-6-4-5-7-26(24)21-27/h4-17,21,30-31,33H,18-20,22H2,1-3H3,(H,39,43). The van der Waals surface area contributed by atoms with Gasteiger partial charge < -0.3 is 15.1 Å². The first-order valence-electron chi connectivity index (χ1n) is 15.3. The number of Topliss-reactive ketones (excluding diaryl/α,β-unsaturated/α-hetero) is 1. The maximum atomic E-state index is 14.1. The summed E-state index contributed by atoms with van der Waals surface area (Å²) in [5.74, 6) is -1.67. The van der Waals surface area contributed by atoms with Crippen molar-refractivity contribution in [1.29, 1.82) is 0 Å². The van der Waals surface area contributed by atoms with Crippen LogP contribution in [-0.4, -0.2) is 64.5 Å². The molecule has 0 radical (unpaired) electrons. The molecule has 2 aliphatic heterocycles. The van der Waals surface area contributed by atoms with Crippen LogP contribution in [0.1, 0.15) is 59.0 Å². The second-order valence-electron chi connectivity index (χ2n) is 13.0. The highest BCUT2D eigenvalue weighted by atomic mass is 19.1. The number of amides is 3. The van der Waals surface area contributed by atoms with Crippen LogP contribution in [0.25, 0.3) is 10.8 Å². The topological polar surface area (TPSA) is 86.8 Å². The molecule has 0 aliphatic carbocycles. The number of fused-ring (bicyclic) bond motifs is 2.